The molecule has 3 aromatic carbocycles. The zero-order valence-corrected chi connectivity index (χ0v) is 21.9. The van der Waals surface area contributed by atoms with Crippen LogP contribution in [-0.2, 0) is 16.1 Å². The second-order valence-electron chi connectivity index (χ2n) is 9.19. The molecule has 0 aliphatic carbocycles. The van der Waals surface area contributed by atoms with Crippen LogP contribution in [0, 0.1) is 11.3 Å². The minimum atomic E-state index is -0.596. The van der Waals surface area contributed by atoms with E-state index in [1.54, 1.807) is 23.8 Å². The SMILES string of the molecule is C=CCOc1ccc(-c2nn(-c3ccccc3)cc2/C=C2/C(=O)N(Cc3ccccc3)C(=O)C(C#N)=C2C)cc1. The van der Waals surface area contributed by atoms with E-state index in [1.807, 2.05) is 97.2 Å². The fraction of sp³-hybridized carbons (Fsp3) is 0.0909. The van der Waals surface area contributed by atoms with Gasteiger partial charge in [0.1, 0.15) is 24.0 Å². The number of imide groups is 1. The number of hydrogen-bond donors (Lipinski definition) is 0. The lowest BCUT2D eigenvalue weighted by Crippen LogP contribution is -2.42. The molecule has 1 aliphatic rings. The molecule has 1 aliphatic heterocycles. The summed E-state index contributed by atoms with van der Waals surface area (Å²) in [5.41, 5.74) is 4.31. The molecule has 7 heteroatoms. The highest BCUT2D eigenvalue weighted by Gasteiger charge is 2.35. The smallest absolute Gasteiger partial charge is 0.271 e. The molecule has 0 N–H and O–H groups in total. The molecular formula is C33H26N4O3. The van der Waals surface area contributed by atoms with Crippen molar-refractivity contribution < 1.29 is 14.3 Å². The standard InChI is InChI=1S/C33H26N4O3/c1-3-18-40-28-16-14-25(15-17-28)31-26(22-37(35-31)27-12-8-5-9-13-27)19-29-23(2)30(20-34)33(39)36(32(29)38)21-24-10-6-4-7-11-24/h3-17,19,22H,1,18,21H2,2H3/b29-19+. The molecular weight excluding hydrogens is 500 g/mol. The molecule has 2 amide bonds. The Kier molecular flexibility index (Phi) is 7.52. The third-order valence-corrected chi connectivity index (χ3v) is 6.57. The summed E-state index contributed by atoms with van der Waals surface area (Å²) in [5, 5.41) is 14.7. The van der Waals surface area contributed by atoms with E-state index >= 15 is 0 Å². The van der Waals surface area contributed by atoms with Crippen LogP contribution >= 0.6 is 0 Å². The third kappa shape index (κ3) is 5.24. The highest BCUT2D eigenvalue weighted by atomic mass is 16.5. The van der Waals surface area contributed by atoms with E-state index < -0.39 is 11.8 Å². The van der Waals surface area contributed by atoms with Gasteiger partial charge in [0, 0.05) is 22.9 Å². The molecule has 7 nitrogen and oxygen atoms in total. The van der Waals surface area contributed by atoms with Gasteiger partial charge in [0.25, 0.3) is 11.8 Å². The predicted molar refractivity (Wildman–Crippen MR) is 153 cm³/mol. The number of benzene rings is 3. The minimum absolute atomic E-state index is 0.0532. The van der Waals surface area contributed by atoms with Gasteiger partial charge < -0.3 is 4.74 Å². The van der Waals surface area contributed by atoms with E-state index in [4.69, 9.17) is 9.84 Å². The molecule has 0 fully saturated rings. The van der Waals surface area contributed by atoms with Crippen molar-refractivity contribution in [3.05, 3.63) is 132 Å². The van der Waals surface area contributed by atoms with E-state index in [1.165, 1.54) is 0 Å². The van der Waals surface area contributed by atoms with E-state index in [2.05, 4.69) is 6.58 Å². The molecule has 0 radical (unpaired) electrons. The molecule has 2 heterocycles. The number of carbonyl (C=O) groups is 2. The number of para-hydroxylation sites is 1. The van der Waals surface area contributed by atoms with Crippen LogP contribution < -0.4 is 4.74 Å². The molecule has 0 atom stereocenters. The van der Waals surface area contributed by atoms with Gasteiger partial charge in [0.05, 0.1) is 17.9 Å². The highest BCUT2D eigenvalue weighted by Crippen LogP contribution is 2.32. The topological polar surface area (TPSA) is 88.2 Å². The van der Waals surface area contributed by atoms with Crippen molar-refractivity contribution >= 4 is 17.9 Å². The third-order valence-electron chi connectivity index (χ3n) is 6.57. The average molecular weight is 527 g/mol. The van der Waals surface area contributed by atoms with Crippen molar-refractivity contribution in [3.63, 3.8) is 0 Å². The summed E-state index contributed by atoms with van der Waals surface area (Å²) in [6, 6.07) is 28.4. The van der Waals surface area contributed by atoms with Crippen molar-refractivity contribution in [1.29, 1.82) is 5.26 Å². The second kappa shape index (κ2) is 11.5. The van der Waals surface area contributed by atoms with Crippen LogP contribution in [0.1, 0.15) is 18.1 Å². The zero-order chi connectivity index (χ0) is 28.1. The first-order valence-electron chi connectivity index (χ1n) is 12.7. The van der Waals surface area contributed by atoms with Gasteiger partial charge in [-0.3, -0.25) is 14.5 Å². The van der Waals surface area contributed by atoms with Crippen molar-refractivity contribution in [3.8, 4) is 28.8 Å². The van der Waals surface area contributed by atoms with Crippen LogP contribution in [0.15, 0.2) is 121 Å². The molecule has 196 valence electrons. The van der Waals surface area contributed by atoms with Gasteiger partial charge in [-0.25, -0.2) is 4.68 Å². The van der Waals surface area contributed by atoms with E-state index in [9.17, 15) is 14.9 Å². The van der Waals surface area contributed by atoms with Crippen LogP contribution in [0.3, 0.4) is 0 Å². The van der Waals surface area contributed by atoms with E-state index in [-0.39, 0.29) is 17.7 Å². The molecule has 40 heavy (non-hydrogen) atoms. The Morgan fingerprint density at radius 2 is 1.62 bits per heavy atom. The molecule has 0 saturated carbocycles. The average Bonchev–Trinajstić information content (AvgIpc) is 3.42. The molecule has 0 unspecified atom stereocenters. The summed E-state index contributed by atoms with van der Waals surface area (Å²) in [4.78, 5) is 28.0. The normalized spacial score (nSPS) is 14.4. The highest BCUT2D eigenvalue weighted by molar-refractivity contribution is 6.19. The van der Waals surface area contributed by atoms with Crippen molar-refractivity contribution in [2.24, 2.45) is 0 Å². The molecule has 0 spiro atoms. The van der Waals surface area contributed by atoms with Gasteiger partial charge >= 0.3 is 0 Å². The van der Waals surface area contributed by atoms with Crippen molar-refractivity contribution in [1.82, 2.24) is 14.7 Å². The zero-order valence-electron chi connectivity index (χ0n) is 21.9. The van der Waals surface area contributed by atoms with E-state index in [0.29, 0.717) is 29.2 Å². The summed E-state index contributed by atoms with van der Waals surface area (Å²) in [7, 11) is 0. The fourth-order valence-electron chi connectivity index (χ4n) is 4.49. The Balaban J connectivity index is 1.62. The summed E-state index contributed by atoms with van der Waals surface area (Å²) in [6.07, 6.45) is 5.23. The molecule has 0 saturated heterocycles. The Morgan fingerprint density at radius 3 is 2.27 bits per heavy atom. The summed E-state index contributed by atoms with van der Waals surface area (Å²) >= 11 is 0. The first-order chi connectivity index (χ1) is 19.5. The maximum Gasteiger partial charge on any atom is 0.271 e. The number of nitrogens with zero attached hydrogens (tertiary/aromatic N) is 4. The number of nitriles is 1. The Bertz CT molecular complexity index is 1680. The van der Waals surface area contributed by atoms with Gasteiger partial charge in [-0.2, -0.15) is 10.4 Å². The lowest BCUT2D eigenvalue weighted by Gasteiger charge is -2.27. The first kappa shape index (κ1) is 26.1. The number of hydrogen-bond acceptors (Lipinski definition) is 5. The van der Waals surface area contributed by atoms with Gasteiger partial charge in [-0.1, -0.05) is 61.2 Å². The number of carbonyl (C=O) groups excluding carboxylic acids is 2. The Morgan fingerprint density at radius 1 is 0.950 bits per heavy atom. The lowest BCUT2D eigenvalue weighted by molar-refractivity contribution is -0.141. The lowest BCUT2D eigenvalue weighted by atomic mass is 9.93. The van der Waals surface area contributed by atoms with Crippen LogP contribution in [0.2, 0.25) is 0 Å². The van der Waals surface area contributed by atoms with Crippen LogP contribution in [0.4, 0.5) is 0 Å². The Labute approximate surface area is 232 Å². The van der Waals surface area contributed by atoms with Crippen molar-refractivity contribution in [2.75, 3.05) is 6.61 Å². The van der Waals surface area contributed by atoms with Gasteiger partial charge in [-0.15, -0.1) is 0 Å². The maximum absolute atomic E-state index is 13.7. The second-order valence-corrected chi connectivity index (χ2v) is 9.19. The van der Waals surface area contributed by atoms with Crippen LogP contribution in [0.5, 0.6) is 5.75 Å². The fourth-order valence-corrected chi connectivity index (χ4v) is 4.49. The number of aromatic nitrogens is 2. The number of amides is 2. The molecule has 1 aromatic heterocycles. The predicted octanol–water partition coefficient (Wildman–Crippen LogP) is 5.90. The maximum atomic E-state index is 13.7. The van der Waals surface area contributed by atoms with Gasteiger partial charge in [-0.05, 0) is 60.5 Å². The van der Waals surface area contributed by atoms with E-state index in [0.717, 1.165) is 21.7 Å². The largest absolute Gasteiger partial charge is 0.490 e. The minimum Gasteiger partial charge on any atom is -0.490 e. The summed E-state index contributed by atoms with van der Waals surface area (Å²) in [5.74, 6) is -0.362. The molecule has 0 bridgehead atoms. The summed E-state index contributed by atoms with van der Waals surface area (Å²) < 4.78 is 7.37. The summed E-state index contributed by atoms with van der Waals surface area (Å²) in [6.45, 7) is 5.77. The van der Waals surface area contributed by atoms with Crippen molar-refractivity contribution in [2.45, 2.75) is 13.5 Å². The molecule has 5 rings (SSSR count). The number of rotatable bonds is 8. The van der Waals surface area contributed by atoms with Crippen LogP contribution in [0.25, 0.3) is 23.0 Å². The first-order valence-corrected chi connectivity index (χ1v) is 12.7. The van der Waals surface area contributed by atoms with Gasteiger partial charge in [0.15, 0.2) is 0 Å². The quantitative estimate of drug-likeness (QED) is 0.162. The number of ether oxygens (including phenoxy) is 1. The Hall–Kier alpha value is -5.48. The monoisotopic (exact) mass is 526 g/mol. The van der Waals surface area contributed by atoms with Gasteiger partial charge in [0.2, 0.25) is 0 Å². The molecule has 4 aromatic rings. The van der Waals surface area contributed by atoms with Crippen LogP contribution in [-0.4, -0.2) is 33.1 Å².